The van der Waals surface area contributed by atoms with Crippen molar-refractivity contribution < 1.29 is 19.0 Å². The quantitative estimate of drug-likeness (QED) is 0.358. The van der Waals surface area contributed by atoms with Gasteiger partial charge in [-0.1, -0.05) is 25.5 Å². The van der Waals surface area contributed by atoms with Crippen LogP contribution in [0.3, 0.4) is 0 Å². The number of unbranched alkanes of at least 4 members (excludes halogenated alkanes) is 1. The van der Waals surface area contributed by atoms with Crippen molar-refractivity contribution in [1.29, 1.82) is 0 Å². The molecule has 0 spiro atoms. The van der Waals surface area contributed by atoms with E-state index in [2.05, 4.69) is 6.92 Å². The zero-order valence-corrected chi connectivity index (χ0v) is 15.2. The fourth-order valence-electron chi connectivity index (χ4n) is 2.34. The molecule has 0 heterocycles. The third-order valence-electron chi connectivity index (χ3n) is 3.83. The highest BCUT2D eigenvalue weighted by Gasteiger charge is 2.10. The molecule has 25 heavy (non-hydrogen) atoms. The third-order valence-corrected chi connectivity index (χ3v) is 3.83. The Balaban J connectivity index is 1.92. The smallest absolute Gasteiger partial charge is 0.343 e. The van der Waals surface area contributed by atoms with Crippen LogP contribution in [0.2, 0.25) is 0 Å². The minimum absolute atomic E-state index is 0.0232. The predicted octanol–water partition coefficient (Wildman–Crippen LogP) is 5.18. The van der Waals surface area contributed by atoms with E-state index in [1.165, 1.54) is 0 Å². The highest BCUT2D eigenvalue weighted by atomic mass is 16.5. The molecule has 0 saturated heterocycles. The molecule has 4 nitrogen and oxygen atoms in total. The molecule has 0 aliphatic heterocycles. The molecule has 0 saturated carbocycles. The molecule has 1 atom stereocenters. The SMILES string of the molecule is CCCCOc1ccc(C(=O)Oc2ccc(C(C)OCC)cc2)cc1. The van der Waals surface area contributed by atoms with E-state index in [4.69, 9.17) is 14.2 Å². The molecule has 1 unspecified atom stereocenters. The van der Waals surface area contributed by atoms with Crippen molar-refractivity contribution >= 4 is 5.97 Å². The van der Waals surface area contributed by atoms with Crippen LogP contribution in [0.5, 0.6) is 11.5 Å². The third kappa shape index (κ3) is 5.91. The zero-order valence-electron chi connectivity index (χ0n) is 15.2. The van der Waals surface area contributed by atoms with Gasteiger partial charge in [0, 0.05) is 6.61 Å². The number of rotatable bonds is 9. The molecular formula is C21H26O4. The standard InChI is InChI=1S/C21H26O4/c1-4-6-15-24-19-11-9-18(10-12-19)21(22)25-20-13-7-17(8-14-20)16(3)23-5-2/h7-14,16H,4-6,15H2,1-3H3. The normalized spacial score (nSPS) is 11.8. The average Bonchev–Trinajstić information content (AvgIpc) is 2.63. The molecule has 4 heteroatoms. The Labute approximate surface area is 149 Å². The molecule has 0 aliphatic carbocycles. The van der Waals surface area contributed by atoms with Crippen molar-refractivity contribution in [2.45, 2.75) is 39.7 Å². The summed E-state index contributed by atoms with van der Waals surface area (Å²) in [5.74, 6) is 0.894. The lowest BCUT2D eigenvalue weighted by atomic mass is 10.1. The second-order valence-electron chi connectivity index (χ2n) is 5.78. The molecule has 0 radical (unpaired) electrons. The maximum Gasteiger partial charge on any atom is 0.343 e. The Morgan fingerprint density at radius 2 is 1.60 bits per heavy atom. The van der Waals surface area contributed by atoms with Crippen molar-refractivity contribution in [3.8, 4) is 11.5 Å². The van der Waals surface area contributed by atoms with Crippen LogP contribution < -0.4 is 9.47 Å². The topological polar surface area (TPSA) is 44.8 Å². The highest BCUT2D eigenvalue weighted by Crippen LogP contribution is 2.21. The Kier molecular flexibility index (Phi) is 7.48. The van der Waals surface area contributed by atoms with Crippen molar-refractivity contribution in [1.82, 2.24) is 0 Å². The Morgan fingerprint density at radius 3 is 2.20 bits per heavy atom. The van der Waals surface area contributed by atoms with E-state index in [0.717, 1.165) is 24.2 Å². The second-order valence-corrected chi connectivity index (χ2v) is 5.78. The van der Waals surface area contributed by atoms with E-state index in [1.54, 1.807) is 36.4 Å². The molecule has 2 aromatic carbocycles. The summed E-state index contributed by atoms with van der Waals surface area (Å²) in [5, 5.41) is 0. The highest BCUT2D eigenvalue weighted by molar-refractivity contribution is 5.91. The summed E-state index contributed by atoms with van der Waals surface area (Å²) < 4.78 is 16.5. The zero-order chi connectivity index (χ0) is 18.1. The van der Waals surface area contributed by atoms with E-state index in [1.807, 2.05) is 26.0 Å². The van der Waals surface area contributed by atoms with Crippen LogP contribution in [-0.2, 0) is 4.74 Å². The van der Waals surface area contributed by atoms with E-state index in [9.17, 15) is 4.79 Å². The fraction of sp³-hybridized carbons (Fsp3) is 0.381. The fourth-order valence-corrected chi connectivity index (χ4v) is 2.34. The first-order valence-electron chi connectivity index (χ1n) is 8.80. The summed E-state index contributed by atoms with van der Waals surface area (Å²) in [5.41, 5.74) is 1.55. The Morgan fingerprint density at radius 1 is 0.960 bits per heavy atom. The molecule has 2 rings (SSSR count). The molecule has 0 amide bonds. The Hall–Kier alpha value is -2.33. The maximum atomic E-state index is 12.2. The van der Waals surface area contributed by atoms with Crippen molar-refractivity contribution in [2.24, 2.45) is 0 Å². The first-order chi connectivity index (χ1) is 12.1. The van der Waals surface area contributed by atoms with Crippen LogP contribution >= 0.6 is 0 Å². The summed E-state index contributed by atoms with van der Waals surface area (Å²) in [4.78, 5) is 12.2. The number of carbonyl (C=O) groups is 1. The van der Waals surface area contributed by atoms with Gasteiger partial charge in [0.25, 0.3) is 0 Å². The van der Waals surface area contributed by atoms with Crippen LogP contribution in [0.25, 0.3) is 0 Å². The summed E-state index contributed by atoms with van der Waals surface area (Å²) >= 11 is 0. The molecular weight excluding hydrogens is 316 g/mol. The van der Waals surface area contributed by atoms with E-state index in [-0.39, 0.29) is 12.1 Å². The van der Waals surface area contributed by atoms with Gasteiger partial charge in [-0.15, -0.1) is 0 Å². The molecule has 2 aromatic rings. The van der Waals surface area contributed by atoms with Gasteiger partial charge >= 0.3 is 5.97 Å². The Bertz CT molecular complexity index is 647. The summed E-state index contributed by atoms with van der Waals surface area (Å²) in [6.07, 6.45) is 2.13. The average molecular weight is 342 g/mol. The molecule has 0 bridgehead atoms. The number of carbonyl (C=O) groups excluding carboxylic acids is 1. The van der Waals surface area contributed by atoms with Gasteiger partial charge in [0.1, 0.15) is 11.5 Å². The summed E-state index contributed by atoms with van der Waals surface area (Å²) in [6.45, 7) is 7.43. The van der Waals surface area contributed by atoms with Gasteiger partial charge in [0.05, 0.1) is 18.3 Å². The van der Waals surface area contributed by atoms with Gasteiger partial charge in [0.2, 0.25) is 0 Å². The second kappa shape index (κ2) is 9.84. The summed E-state index contributed by atoms with van der Waals surface area (Å²) in [6, 6.07) is 14.4. The largest absolute Gasteiger partial charge is 0.494 e. The predicted molar refractivity (Wildman–Crippen MR) is 98.3 cm³/mol. The maximum absolute atomic E-state index is 12.2. The van der Waals surface area contributed by atoms with Gasteiger partial charge in [-0.2, -0.15) is 0 Å². The molecule has 0 fully saturated rings. The number of ether oxygens (including phenoxy) is 3. The van der Waals surface area contributed by atoms with Gasteiger partial charge < -0.3 is 14.2 Å². The number of benzene rings is 2. The summed E-state index contributed by atoms with van der Waals surface area (Å²) in [7, 11) is 0. The minimum Gasteiger partial charge on any atom is -0.494 e. The van der Waals surface area contributed by atoms with Crippen LogP contribution in [-0.4, -0.2) is 19.2 Å². The van der Waals surface area contributed by atoms with E-state index in [0.29, 0.717) is 24.5 Å². The van der Waals surface area contributed by atoms with Crippen molar-refractivity contribution in [3.05, 3.63) is 59.7 Å². The first kappa shape index (κ1) is 19.0. The molecule has 0 aliphatic rings. The lowest BCUT2D eigenvalue weighted by Gasteiger charge is -2.12. The molecule has 0 aromatic heterocycles. The van der Waals surface area contributed by atoms with Crippen LogP contribution in [0.4, 0.5) is 0 Å². The van der Waals surface area contributed by atoms with Crippen LogP contribution in [0, 0.1) is 0 Å². The van der Waals surface area contributed by atoms with Gasteiger partial charge in [-0.05, 0) is 62.2 Å². The van der Waals surface area contributed by atoms with E-state index < -0.39 is 0 Å². The molecule has 134 valence electrons. The van der Waals surface area contributed by atoms with Gasteiger partial charge in [-0.25, -0.2) is 4.79 Å². The lowest BCUT2D eigenvalue weighted by Crippen LogP contribution is -2.08. The monoisotopic (exact) mass is 342 g/mol. The van der Waals surface area contributed by atoms with Crippen molar-refractivity contribution in [2.75, 3.05) is 13.2 Å². The minimum atomic E-state index is -0.384. The lowest BCUT2D eigenvalue weighted by molar-refractivity contribution is 0.0733. The van der Waals surface area contributed by atoms with E-state index >= 15 is 0 Å². The van der Waals surface area contributed by atoms with Crippen molar-refractivity contribution in [3.63, 3.8) is 0 Å². The molecule has 0 N–H and O–H groups in total. The van der Waals surface area contributed by atoms with Gasteiger partial charge in [0.15, 0.2) is 0 Å². The first-order valence-corrected chi connectivity index (χ1v) is 8.80. The number of esters is 1. The number of hydrogen-bond acceptors (Lipinski definition) is 4. The van der Waals surface area contributed by atoms with Crippen LogP contribution in [0.1, 0.15) is 55.6 Å². The van der Waals surface area contributed by atoms with Gasteiger partial charge in [-0.3, -0.25) is 0 Å². The van der Waals surface area contributed by atoms with Crippen LogP contribution in [0.15, 0.2) is 48.5 Å². The number of hydrogen-bond donors (Lipinski definition) is 0.